The first-order valence-electron chi connectivity index (χ1n) is 15.2. The van der Waals surface area contributed by atoms with E-state index in [1.54, 1.807) is 10.9 Å². The van der Waals surface area contributed by atoms with Crippen molar-refractivity contribution in [2.75, 3.05) is 13.1 Å². The van der Waals surface area contributed by atoms with Crippen LogP contribution in [0.4, 0.5) is 13.2 Å². The molecule has 11 nitrogen and oxygen atoms in total. The van der Waals surface area contributed by atoms with Gasteiger partial charge in [-0.05, 0) is 30.5 Å². The summed E-state index contributed by atoms with van der Waals surface area (Å²) in [5.74, 6) is -2.21. The van der Waals surface area contributed by atoms with Gasteiger partial charge in [0.05, 0.1) is 22.8 Å². The standard InChI is InChI=1S/C32H30N8O.C2HF3O2/c1-38-21-25(19-33-38)31-35-29(30(36-37-31)23-7-3-2-4-8-23)24-13-11-22(12-14-24)20-39-17-15-26(16-18-39)40-28-10-6-5-9-27(28)34-32(40)41;3-2(4,5)1(6)7/h2-14,19,21,26H,15-18,20H2,1H3,(H,34,41);(H,6,7). The molecule has 4 heterocycles. The SMILES string of the molecule is Cn1cc(-c2nnc(-c3ccccc3)c(-c3ccc(CN4CCC(n5c(=O)[nH]c6ccccc65)CC4)cc3)n2)cn1.O=C(O)C(F)(F)F. The highest BCUT2D eigenvalue weighted by Crippen LogP contribution is 2.31. The molecule has 1 saturated heterocycles. The Kier molecular flexibility index (Phi) is 9.17. The minimum absolute atomic E-state index is 0.0130. The smallest absolute Gasteiger partial charge is 0.475 e. The van der Waals surface area contributed by atoms with Crippen molar-refractivity contribution in [3.63, 3.8) is 0 Å². The summed E-state index contributed by atoms with van der Waals surface area (Å²) in [5, 5.41) is 20.4. The number of fused-ring (bicyclic) bond motifs is 1. The van der Waals surface area contributed by atoms with Crippen molar-refractivity contribution < 1.29 is 23.1 Å². The van der Waals surface area contributed by atoms with Gasteiger partial charge in [0.25, 0.3) is 0 Å². The summed E-state index contributed by atoms with van der Waals surface area (Å²) in [6.45, 7) is 2.76. The number of benzene rings is 3. The van der Waals surface area contributed by atoms with Crippen molar-refractivity contribution in [3.05, 3.63) is 107 Å². The number of alkyl halides is 3. The number of carboxylic acids is 1. The predicted molar refractivity (Wildman–Crippen MR) is 173 cm³/mol. The van der Waals surface area contributed by atoms with Crippen molar-refractivity contribution in [2.24, 2.45) is 7.05 Å². The van der Waals surface area contributed by atoms with Gasteiger partial charge in [0.1, 0.15) is 11.4 Å². The molecule has 0 aliphatic carbocycles. The number of nitrogens with one attached hydrogen (secondary N) is 1. The highest BCUT2D eigenvalue weighted by Gasteiger charge is 2.38. The van der Waals surface area contributed by atoms with Gasteiger partial charge in [0.2, 0.25) is 0 Å². The van der Waals surface area contributed by atoms with Gasteiger partial charge in [-0.3, -0.25) is 14.1 Å². The van der Waals surface area contributed by atoms with Crippen molar-refractivity contribution in [2.45, 2.75) is 31.6 Å². The Hall–Kier alpha value is -5.63. The lowest BCUT2D eigenvalue weighted by molar-refractivity contribution is -0.192. The van der Waals surface area contributed by atoms with Crippen LogP contribution in [0.1, 0.15) is 24.4 Å². The summed E-state index contributed by atoms with van der Waals surface area (Å²) in [5.41, 5.74) is 7.46. The van der Waals surface area contributed by atoms with Crippen LogP contribution in [0.3, 0.4) is 0 Å². The monoisotopic (exact) mass is 656 g/mol. The number of rotatable bonds is 6. The topological polar surface area (TPSA) is 135 Å². The van der Waals surface area contributed by atoms with Gasteiger partial charge >= 0.3 is 17.8 Å². The number of nitrogens with zero attached hydrogens (tertiary/aromatic N) is 7. The molecule has 0 atom stereocenters. The van der Waals surface area contributed by atoms with E-state index in [1.807, 2.05) is 72.4 Å². The quantitative estimate of drug-likeness (QED) is 0.233. The number of piperidine rings is 1. The summed E-state index contributed by atoms with van der Waals surface area (Å²) >= 11 is 0. The molecule has 3 aromatic carbocycles. The molecule has 1 fully saturated rings. The summed E-state index contributed by atoms with van der Waals surface area (Å²) in [7, 11) is 1.87. The van der Waals surface area contributed by atoms with Gasteiger partial charge in [0.15, 0.2) is 5.82 Å². The number of aliphatic carboxylic acids is 1. The fraction of sp³-hybridized carbons (Fsp3) is 0.235. The van der Waals surface area contributed by atoms with E-state index >= 15 is 0 Å². The van der Waals surface area contributed by atoms with Crippen molar-refractivity contribution in [1.29, 1.82) is 0 Å². The predicted octanol–water partition coefficient (Wildman–Crippen LogP) is 5.72. The number of aryl methyl sites for hydroxylation is 1. The van der Waals surface area contributed by atoms with Crippen LogP contribution in [0, 0.1) is 0 Å². The second-order valence-corrected chi connectivity index (χ2v) is 11.4. The highest BCUT2D eigenvalue weighted by molar-refractivity contribution is 5.79. The molecule has 246 valence electrons. The van der Waals surface area contributed by atoms with Gasteiger partial charge in [-0.15, -0.1) is 10.2 Å². The first-order valence-corrected chi connectivity index (χ1v) is 15.2. The zero-order valence-corrected chi connectivity index (χ0v) is 25.8. The van der Waals surface area contributed by atoms with E-state index in [9.17, 15) is 18.0 Å². The normalized spacial score (nSPS) is 14.1. The Labute approximate surface area is 272 Å². The third kappa shape index (κ3) is 7.18. The lowest BCUT2D eigenvalue weighted by atomic mass is 10.0. The largest absolute Gasteiger partial charge is 0.490 e. The first-order chi connectivity index (χ1) is 23.1. The number of hydrogen-bond donors (Lipinski definition) is 2. The zero-order valence-electron chi connectivity index (χ0n) is 25.8. The molecule has 0 radical (unpaired) electrons. The number of para-hydroxylation sites is 2. The van der Waals surface area contributed by atoms with Crippen molar-refractivity contribution >= 4 is 17.0 Å². The maximum absolute atomic E-state index is 12.7. The van der Waals surface area contributed by atoms with E-state index in [4.69, 9.17) is 14.9 Å². The molecule has 0 spiro atoms. The van der Waals surface area contributed by atoms with Crippen LogP contribution in [0.15, 0.2) is 96.1 Å². The molecule has 0 bridgehead atoms. The minimum Gasteiger partial charge on any atom is -0.475 e. The number of aromatic amines is 1. The number of H-pyrrole nitrogens is 1. The van der Waals surface area contributed by atoms with Crippen LogP contribution >= 0.6 is 0 Å². The van der Waals surface area contributed by atoms with Crippen LogP contribution < -0.4 is 5.69 Å². The molecule has 3 aromatic heterocycles. The van der Waals surface area contributed by atoms with Crippen LogP contribution in [-0.4, -0.2) is 69.8 Å². The summed E-state index contributed by atoms with van der Waals surface area (Å²) in [4.78, 5) is 32.0. The molecule has 6 aromatic rings. The zero-order chi connectivity index (χ0) is 33.8. The van der Waals surface area contributed by atoms with Crippen molar-refractivity contribution in [3.8, 4) is 33.9 Å². The third-order valence-electron chi connectivity index (χ3n) is 8.12. The van der Waals surface area contributed by atoms with E-state index in [2.05, 4.69) is 49.4 Å². The van der Waals surface area contributed by atoms with Crippen LogP contribution in [0.25, 0.3) is 44.9 Å². The molecule has 0 amide bonds. The number of carbonyl (C=O) groups is 1. The van der Waals surface area contributed by atoms with Gasteiger partial charge in [-0.2, -0.15) is 18.3 Å². The molecule has 0 saturated carbocycles. The number of hydrogen-bond acceptors (Lipinski definition) is 7. The van der Waals surface area contributed by atoms with Gasteiger partial charge in [-0.25, -0.2) is 14.6 Å². The van der Waals surface area contributed by atoms with Gasteiger partial charge in [0, 0.05) is 50.0 Å². The molecule has 14 heteroatoms. The molecule has 2 N–H and O–H groups in total. The Bertz CT molecular complexity index is 2080. The fourth-order valence-corrected chi connectivity index (χ4v) is 5.78. The molecule has 0 unspecified atom stereocenters. The van der Waals surface area contributed by atoms with Gasteiger partial charge in [-0.1, -0.05) is 66.7 Å². The lowest BCUT2D eigenvalue weighted by Gasteiger charge is -2.32. The summed E-state index contributed by atoms with van der Waals surface area (Å²) in [6.07, 6.45) is 0.461. The van der Waals surface area contributed by atoms with E-state index < -0.39 is 12.1 Å². The molecule has 1 aliphatic heterocycles. The van der Waals surface area contributed by atoms with E-state index in [0.717, 1.165) is 71.6 Å². The second-order valence-electron chi connectivity index (χ2n) is 11.4. The van der Waals surface area contributed by atoms with E-state index in [-0.39, 0.29) is 11.7 Å². The fourth-order valence-electron chi connectivity index (χ4n) is 5.78. The number of likely N-dealkylation sites (tertiary alicyclic amines) is 1. The Balaban J connectivity index is 0.000000519. The average Bonchev–Trinajstić information content (AvgIpc) is 3.67. The molecule has 1 aliphatic rings. The van der Waals surface area contributed by atoms with Crippen LogP contribution in [-0.2, 0) is 18.4 Å². The van der Waals surface area contributed by atoms with Crippen LogP contribution in [0.2, 0.25) is 0 Å². The Morgan fingerprint density at radius 3 is 2.19 bits per heavy atom. The average molecular weight is 657 g/mol. The van der Waals surface area contributed by atoms with Gasteiger partial charge < -0.3 is 10.1 Å². The Morgan fingerprint density at radius 2 is 1.54 bits per heavy atom. The van der Waals surface area contributed by atoms with E-state index in [0.29, 0.717) is 5.82 Å². The molecular formula is C34H31F3N8O3. The van der Waals surface area contributed by atoms with Crippen LogP contribution in [0.5, 0.6) is 0 Å². The number of imidazole rings is 1. The third-order valence-corrected chi connectivity index (χ3v) is 8.12. The number of aromatic nitrogens is 7. The number of halogens is 3. The second kappa shape index (κ2) is 13.6. The molecule has 48 heavy (non-hydrogen) atoms. The maximum Gasteiger partial charge on any atom is 0.490 e. The Morgan fingerprint density at radius 1 is 0.896 bits per heavy atom. The lowest BCUT2D eigenvalue weighted by Crippen LogP contribution is -2.36. The maximum atomic E-state index is 12.7. The van der Waals surface area contributed by atoms with Crippen molar-refractivity contribution in [1.82, 2.24) is 39.4 Å². The van der Waals surface area contributed by atoms with E-state index in [1.165, 1.54) is 5.56 Å². The first kappa shape index (κ1) is 32.3. The molecular weight excluding hydrogens is 625 g/mol. The minimum atomic E-state index is -5.08. The summed E-state index contributed by atoms with van der Waals surface area (Å²) < 4.78 is 35.4. The highest BCUT2D eigenvalue weighted by atomic mass is 19.4. The molecule has 7 rings (SSSR count). The number of carboxylic acid groups (broad SMARTS) is 1. The summed E-state index contributed by atoms with van der Waals surface area (Å²) in [6, 6.07) is 26.8.